The van der Waals surface area contributed by atoms with Crippen LogP contribution in [-0.2, 0) is 11.2 Å². The Morgan fingerprint density at radius 2 is 2.00 bits per heavy atom. The minimum atomic E-state index is -0.239. The van der Waals surface area contributed by atoms with Crippen molar-refractivity contribution in [2.45, 2.75) is 51.9 Å². The Hall–Kier alpha value is -2.63. The molecule has 0 aliphatic heterocycles. The highest BCUT2D eigenvalue weighted by molar-refractivity contribution is 5.86. The number of hydrogen-bond acceptors (Lipinski definition) is 5. The van der Waals surface area contributed by atoms with Gasteiger partial charge in [-0.15, -0.1) is 0 Å². The molecule has 1 saturated carbocycles. The van der Waals surface area contributed by atoms with Crippen LogP contribution in [0.25, 0.3) is 22.2 Å². The summed E-state index contributed by atoms with van der Waals surface area (Å²) < 4.78 is 18.0. The molecule has 2 aromatic heterocycles. The van der Waals surface area contributed by atoms with Crippen LogP contribution >= 0.6 is 0 Å². The summed E-state index contributed by atoms with van der Waals surface area (Å²) in [5.74, 6) is 2.25. The van der Waals surface area contributed by atoms with Gasteiger partial charge in [-0.3, -0.25) is 9.18 Å². The SMILES string of the molecule is Cc1ncc(-c2ccc3nnc(CC(=O)C4CCC(CCCF)CC4)cc3c2)o1. The van der Waals surface area contributed by atoms with Crippen molar-refractivity contribution in [3.05, 3.63) is 42.0 Å². The lowest BCUT2D eigenvalue weighted by molar-refractivity contribution is -0.123. The number of carbonyl (C=O) groups excluding carboxylic acids is 1. The Morgan fingerprint density at radius 3 is 2.72 bits per heavy atom. The predicted molar refractivity (Wildman–Crippen MR) is 109 cm³/mol. The van der Waals surface area contributed by atoms with Crippen LogP contribution in [0.15, 0.2) is 34.9 Å². The van der Waals surface area contributed by atoms with Crippen molar-refractivity contribution in [3.8, 4) is 11.3 Å². The Balaban J connectivity index is 1.43. The molecule has 4 rings (SSSR count). The van der Waals surface area contributed by atoms with Crippen LogP contribution in [0.5, 0.6) is 0 Å². The third-order valence-electron chi connectivity index (χ3n) is 5.95. The molecular formula is C23H26FN3O2. The molecule has 0 saturated heterocycles. The summed E-state index contributed by atoms with van der Waals surface area (Å²) in [6, 6.07) is 7.77. The Bertz CT molecular complexity index is 993. The maximum atomic E-state index is 12.8. The summed E-state index contributed by atoms with van der Waals surface area (Å²) in [6.07, 6.45) is 7.48. The lowest BCUT2D eigenvalue weighted by Gasteiger charge is -2.27. The van der Waals surface area contributed by atoms with Gasteiger partial charge in [0.15, 0.2) is 11.7 Å². The van der Waals surface area contributed by atoms with Crippen molar-refractivity contribution in [1.82, 2.24) is 15.2 Å². The number of fused-ring (bicyclic) bond motifs is 1. The molecule has 0 amide bonds. The second-order valence-corrected chi connectivity index (χ2v) is 8.04. The van der Waals surface area contributed by atoms with Gasteiger partial charge < -0.3 is 4.42 Å². The molecule has 1 aliphatic carbocycles. The highest BCUT2D eigenvalue weighted by Gasteiger charge is 2.26. The fraction of sp³-hybridized carbons (Fsp3) is 0.478. The van der Waals surface area contributed by atoms with E-state index in [4.69, 9.17) is 4.42 Å². The van der Waals surface area contributed by atoms with Crippen molar-refractivity contribution in [3.63, 3.8) is 0 Å². The monoisotopic (exact) mass is 395 g/mol. The minimum Gasteiger partial charge on any atom is -0.441 e. The van der Waals surface area contributed by atoms with Crippen molar-refractivity contribution in [2.75, 3.05) is 6.67 Å². The lowest BCUT2D eigenvalue weighted by Crippen LogP contribution is -2.23. The average molecular weight is 395 g/mol. The molecule has 0 atom stereocenters. The van der Waals surface area contributed by atoms with E-state index in [2.05, 4.69) is 15.2 Å². The van der Waals surface area contributed by atoms with Gasteiger partial charge in [0, 0.05) is 23.8 Å². The molecule has 0 N–H and O–H groups in total. The molecule has 1 fully saturated rings. The number of benzene rings is 1. The number of ketones is 1. The number of alkyl halides is 1. The summed E-state index contributed by atoms with van der Waals surface area (Å²) in [6.45, 7) is 1.57. The van der Waals surface area contributed by atoms with Crippen LogP contribution in [0.3, 0.4) is 0 Å². The summed E-state index contributed by atoms with van der Waals surface area (Å²) in [5, 5.41) is 9.47. The van der Waals surface area contributed by atoms with Crippen LogP contribution in [0, 0.1) is 18.8 Å². The van der Waals surface area contributed by atoms with E-state index in [1.54, 1.807) is 6.20 Å². The summed E-state index contributed by atoms with van der Waals surface area (Å²) in [7, 11) is 0. The van der Waals surface area contributed by atoms with E-state index in [1.807, 2.05) is 31.2 Å². The van der Waals surface area contributed by atoms with Gasteiger partial charge in [-0.05, 0) is 68.7 Å². The van der Waals surface area contributed by atoms with E-state index in [-0.39, 0.29) is 18.4 Å². The number of rotatable bonds is 7. The average Bonchev–Trinajstić information content (AvgIpc) is 3.18. The topological polar surface area (TPSA) is 68.9 Å². The molecule has 0 bridgehead atoms. The third kappa shape index (κ3) is 4.69. The van der Waals surface area contributed by atoms with Crippen LogP contribution in [0.4, 0.5) is 4.39 Å². The molecule has 3 aromatic rings. The largest absolute Gasteiger partial charge is 0.441 e. The van der Waals surface area contributed by atoms with Crippen molar-refractivity contribution in [2.24, 2.45) is 11.8 Å². The standard InChI is InChI=1S/C23H26FN3O2/c1-15-25-14-23(29-15)18-8-9-21-19(11-18)12-20(26-27-21)13-22(28)17-6-4-16(5-7-17)3-2-10-24/h8-9,11-12,14,16-17H,2-7,10,13H2,1H3. The first kappa shape index (κ1) is 19.7. The zero-order valence-corrected chi connectivity index (χ0v) is 16.7. The normalized spacial score (nSPS) is 19.5. The molecule has 2 heterocycles. The zero-order valence-electron chi connectivity index (χ0n) is 16.7. The van der Waals surface area contributed by atoms with E-state index in [0.717, 1.165) is 48.6 Å². The fourth-order valence-electron chi connectivity index (χ4n) is 4.28. The van der Waals surface area contributed by atoms with Crippen LogP contribution in [-0.4, -0.2) is 27.6 Å². The number of Topliss-reactive ketones (excluding diaryl/α,β-unsaturated/α-hetero) is 1. The molecule has 29 heavy (non-hydrogen) atoms. The van der Waals surface area contributed by atoms with E-state index < -0.39 is 0 Å². The molecule has 0 spiro atoms. The highest BCUT2D eigenvalue weighted by Crippen LogP contribution is 2.32. The summed E-state index contributed by atoms with van der Waals surface area (Å²) in [4.78, 5) is 16.9. The smallest absolute Gasteiger partial charge is 0.191 e. The number of aryl methyl sites for hydroxylation is 1. The van der Waals surface area contributed by atoms with E-state index in [9.17, 15) is 9.18 Å². The lowest BCUT2D eigenvalue weighted by atomic mass is 9.77. The van der Waals surface area contributed by atoms with Gasteiger partial charge in [-0.1, -0.05) is 0 Å². The molecular weight excluding hydrogens is 369 g/mol. The molecule has 1 aromatic carbocycles. The molecule has 152 valence electrons. The van der Waals surface area contributed by atoms with Crippen molar-refractivity contribution >= 4 is 16.7 Å². The minimum absolute atomic E-state index is 0.0950. The fourth-order valence-corrected chi connectivity index (χ4v) is 4.28. The maximum Gasteiger partial charge on any atom is 0.191 e. The third-order valence-corrected chi connectivity index (χ3v) is 5.95. The van der Waals surface area contributed by atoms with Crippen LogP contribution in [0.2, 0.25) is 0 Å². The number of hydrogen-bond donors (Lipinski definition) is 0. The number of carbonyl (C=O) groups is 1. The van der Waals surface area contributed by atoms with E-state index >= 15 is 0 Å². The van der Waals surface area contributed by atoms with E-state index in [1.165, 1.54) is 0 Å². The Kier molecular flexibility index (Phi) is 5.97. The van der Waals surface area contributed by atoms with Gasteiger partial charge in [-0.2, -0.15) is 10.2 Å². The van der Waals surface area contributed by atoms with Gasteiger partial charge in [0.2, 0.25) is 0 Å². The second-order valence-electron chi connectivity index (χ2n) is 8.04. The van der Waals surface area contributed by atoms with Crippen LogP contribution in [0.1, 0.15) is 50.1 Å². The number of aromatic nitrogens is 3. The number of oxazole rings is 1. The first-order chi connectivity index (χ1) is 14.1. The number of halogens is 1. The first-order valence-electron chi connectivity index (χ1n) is 10.4. The number of nitrogens with zero attached hydrogens (tertiary/aromatic N) is 3. The van der Waals surface area contributed by atoms with Crippen LogP contribution < -0.4 is 0 Å². The molecule has 5 nitrogen and oxygen atoms in total. The summed E-state index contributed by atoms with van der Waals surface area (Å²) in [5.41, 5.74) is 2.41. The Labute approximate surface area is 169 Å². The van der Waals surface area contributed by atoms with Crippen molar-refractivity contribution in [1.29, 1.82) is 0 Å². The highest BCUT2D eigenvalue weighted by atomic mass is 19.1. The maximum absolute atomic E-state index is 12.8. The molecule has 0 radical (unpaired) electrons. The zero-order chi connectivity index (χ0) is 20.2. The van der Waals surface area contributed by atoms with Gasteiger partial charge in [0.25, 0.3) is 0 Å². The van der Waals surface area contributed by atoms with Gasteiger partial charge in [0.1, 0.15) is 5.78 Å². The quantitative estimate of drug-likeness (QED) is 0.546. The molecule has 1 aliphatic rings. The van der Waals surface area contributed by atoms with Gasteiger partial charge >= 0.3 is 0 Å². The van der Waals surface area contributed by atoms with E-state index in [0.29, 0.717) is 36.1 Å². The second kappa shape index (κ2) is 8.80. The summed E-state index contributed by atoms with van der Waals surface area (Å²) >= 11 is 0. The molecule has 0 unspecified atom stereocenters. The van der Waals surface area contributed by atoms with Gasteiger partial charge in [-0.25, -0.2) is 4.98 Å². The first-order valence-corrected chi connectivity index (χ1v) is 10.4. The van der Waals surface area contributed by atoms with Gasteiger partial charge in [0.05, 0.1) is 30.5 Å². The molecule has 6 heteroatoms. The predicted octanol–water partition coefficient (Wildman–Crippen LogP) is 5.26. The van der Waals surface area contributed by atoms with Crippen molar-refractivity contribution < 1.29 is 13.6 Å². The Morgan fingerprint density at radius 1 is 1.17 bits per heavy atom.